The second kappa shape index (κ2) is 9.07. The predicted molar refractivity (Wildman–Crippen MR) is 136 cm³/mol. The molecule has 2 aromatic heterocycles. The number of hydrogen-bond donors (Lipinski definition) is 1. The summed E-state index contributed by atoms with van der Waals surface area (Å²) in [4.78, 5) is 24.1. The minimum absolute atomic E-state index is 0.134. The molecule has 0 bridgehead atoms. The zero-order chi connectivity index (χ0) is 23.7. The van der Waals surface area contributed by atoms with Gasteiger partial charge in [0.25, 0.3) is 5.91 Å². The Labute approximate surface area is 201 Å². The van der Waals surface area contributed by atoms with E-state index in [9.17, 15) is 4.79 Å². The van der Waals surface area contributed by atoms with E-state index in [0.29, 0.717) is 42.9 Å². The van der Waals surface area contributed by atoms with Crippen LogP contribution in [-0.2, 0) is 25.8 Å². The summed E-state index contributed by atoms with van der Waals surface area (Å²) in [7, 11) is -0.937. The van der Waals surface area contributed by atoms with Crippen LogP contribution in [-0.4, -0.2) is 62.3 Å². The Morgan fingerprint density at radius 1 is 1.06 bits per heavy atom. The molecule has 1 aliphatic carbocycles. The van der Waals surface area contributed by atoms with E-state index in [1.54, 1.807) is 17.0 Å². The second-order valence-corrected chi connectivity index (χ2v) is 13.4. The zero-order valence-corrected chi connectivity index (χ0v) is 20.5. The van der Waals surface area contributed by atoms with Gasteiger partial charge in [-0.3, -0.25) is 4.79 Å². The second-order valence-electron chi connectivity index (χ2n) is 9.53. The minimum atomic E-state index is -0.937. The van der Waals surface area contributed by atoms with Crippen molar-refractivity contribution in [2.45, 2.75) is 31.8 Å². The fourth-order valence-electron chi connectivity index (χ4n) is 4.28. The average molecular weight is 473 g/mol. The molecule has 0 spiro atoms. The first-order valence-electron chi connectivity index (χ1n) is 11.4. The third kappa shape index (κ3) is 5.05. The van der Waals surface area contributed by atoms with Crippen LogP contribution in [0, 0.1) is 11.2 Å². The van der Waals surface area contributed by atoms with Crippen molar-refractivity contribution in [3.05, 3.63) is 76.4 Å². The topological polar surface area (TPSA) is 83.9 Å². The van der Waals surface area contributed by atoms with Crippen molar-refractivity contribution in [2.24, 2.45) is 0 Å². The normalized spacial score (nSPS) is 15.7. The van der Waals surface area contributed by atoms with Crippen LogP contribution in [0.15, 0.2) is 42.6 Å². The van der Waals surface area contributed by atoms with Crippen molar-refractivity contribution in [2.75, 3.05) is 30.6 Å². The molecule has 8 heteroatoms. The molecule has 1 amide bonds. The lowest BCUT2D eigenvalue weighted by atomic mass is 10.1. The van der Waals surface area contributed by atoms with E-state index in [2.05, 4.69) is 74.7 Å². The van der Waals surface area contributed by atoms with Crippen molar-refractivity contribution < 1.29 is 4.79 Å². The Kier molecular flexibility index (Phi) is 5.96. The third-order valence-electron chi connectivity index (χ3n) is 5.97. The third-order valence-corrected chi connectivity index (χ3v) is 6.69. The van der Waals surface area contributed by atoms with E-state index >= 15 is 0 Å². The molecule has 0 fully saturated rings. The summed E-state index contributed by atoms with van der Waals surface area (Å²) in [6.45, 7) is 1.06. The highest BCUT2D eigenvalue weighted by atomic mass is 32.3. The van der Waals surface area contributed by atoms with E-state index in [-0.39, 0.29) is 5.91 Å². The molecule has 1 N–H and O–H groups in total. The van der Waals surface area contributed by atoms with Crippen LogP contribution in [0.25, 0.3) is 0 Å². The van der Waals surface area contributed by atoms with Gasteiger partial charge in [0.2, 0.25) is 5.95 Å². The lowest BCUT2D eigenvalue weighted by Crippen LogP contribution is -2.37. The Morgan fingerprint density at radius 3 is 2.50 bits per heavy atom. The summed E-state index contributed by atoms with van der Waals surface area (Å²) in [5, 5.41) is 15.0. The molecule has 1 aromatic carbocycles. The van der Waals surface area contributed by atoms with Crippen molar-refractivity contribution >= 4 is 21.9 Å². The van der Waals surface area contributed by atoms with Crippen molar-refractivity contribution in [3.63, 3.8) is 0 Å². The largest absolute Gasteiger partial charge is 0.351 e. The number of aromatic nitrogens is 4. The van der Waals surface area contributed by atoms with Crippen LogP contribution in [0.5, 0.6) is 0 Å². The molecule has 2 aliphatic rings. The summed E-state index contributed by atoms with van der Waals surface area (Å²) in [5.41, 5.74) is 5.68. The predicted octanol–water partition coefficient (Wildman–Crippen LogP) is 3.05. The molecule has 0 saturated carbocycles. The molecule has 3 aromatic rings. The Morgan fingerprint density at radius 2 is 1.82 bits per heavy atom. The zero-order valence-electron chi connectivity index (χ0n) is 19.7. The summed E-state index contributed by atoms with van der Waals surface area (Å²) < 4.78 is 0. The molecule has 1 aliphatic heterocycles. The molecule has 34 heavy (non-hydrogen) atoms. The fourth-order valence-corrected chi connectivity index (χ4v) is 4.69. The molecule has 5 rings (SSSR count). The number of carbonyl (C=O) groups is 1. The highest BCUT2D eigenvalue weighted by molar-refractivity contribution is 8.35. The maximum absolute atomic E-state index is 13.0. The standard InChI is InChI=1S/C26H28N6OS/c1-34(2,3)13-11-21-8-9-24(31-30-21)25(33)32-12-10-23-20(17-32)16-27-26(29-23)28-22-14-18-6-4-5-7-19(18)15-22/h4-9,16,22H,10,12,14-15,17H2,1-3H3,(H,27,28,29). The number of amides is 1. The summed E-state index contributed by atoms with van der Waals surface area (Å²) in [6.07, 6.45) is 10.9. The first-order valence-corrected chi connectivity index (χ1v) is 14.2. The van der Waals surface area contributed by atoms with Gasteiger partial charge < -0.3 is 10.2 Å². The number of fused-ring (bicyclic) bond motifs is 2. The van der Waals surface area contributed by atoms with Gasteiger partial charge in [-0.25, -0.2) is 9.97 Å². The lowest BCUT2D eigenvalue weighted by molar-refractivity contribution is 0.0726. The number of nitrogens with zero attached hydrogens (tertiary/aromatic N) is 5. The van der Waals surface area contributed by atoms with E-state index in [1.165, 1.54) is 11.1 Å². The number of benzene rings is 1. The van der Waals surface area contributed by atoms with Crippen LogP contribution in [0.3, 0.4) is 0 Å². The van der Waals surface area contributed by atoms with Gasteiger partial charge in [-0.05, 0) is 66.0 Å². The first kappa shape index (κ1) is 22.4. The number of carbonyl (C=O) groups excluding carboxylic acids is 1. The average Bonchev–Trinajstić information content (AvgIpc) is 3.24. The van der Waals surface area contributed by atoms with Crippen molar-refractivity contribution in [1.29, 1.82) is 0 Å². The van der Waals surface area contributed by atoms with E-state index in [4.69, 9.17) is 4.98 Å². The summed E-state index contributed by atoms with van der Waals surface area (Å²) >= 11 is 0. The smallest absolute Gasteiger partial charge is 0.274 e. The van der Waals surface area contributed by atoms with Gasteiger partial charge in [0, 0.05) is 37.3 Å². The van der Waals surface area contributed by atoms with Crippen LogP contribution in [0.2, 0.25) is 0 Å². The number of anilines is 1. The van der Waals surface area contributed by atoms with E-state index in [0.717, 1.165) is 24.1 Å². The Hall–Kier alpha value is -3.44. The van der Waals surface area contributed by atoms with Gasteiger partial charge in [-0.2, -0.15) is 10.0 Å². The fraction of sp³-hybridized carbons (Fsp3) is 0.346. The lowest BCUT2D eigenvalue weighted by Gasteiger charge is -2.28. The van der Waals surface area contributed by atoms with Gasteiger partial charge >= 0.3 is 0 Å². The van der Waals surface area contributed by atoms with E-state index < -0.39 is 10.0 Å². The molecule has 0 radical (unpaired) electrons. The first-order chi connectivity index (χ1) is 16.3. The molecule has 0 unspecified atom stereocenters. The molecular formula is C26H28N6OS. The van der Waals surface area contributed by atoms with Crippen LogP contribution >= 0.6 is 10.0 Å². The molecule has 0 atom stereocenters. The van der Waals surface area contributed by atoms with Crippen molar-refractivity contribution in [1.82, 2.24) is 25.1 Å². The molecule has 174 valence electrons. The number of nitrogens with one attached hydrogen (secondary N) is 1. The Bertz CT molecular complexity index is 1260. The van der Waals surface area contributed by atoms with E-state index in [1.807, 2.05) is 6.20 Å². The molecular weight excluding hydrogens is 444 g/mol. The minimum Gasteiger partial charge on any atom is -0.351 e. The monoisotopic (exact) mass is 472 g/mol. The number of rotatable bonds is 3. The maximum Gasteiger partial charge on any atom is 0.274 e. The van der Waals surface area contributed by atoms with Crippen molar-refractivity contribution in [3.8, 4) is 11.2 Å². The molecule has 3 heterocycles. The van der Waals surface area contributed by atoms with Crippen LogP contribution in [0.1, 0.15) is 38.6 Å². The summed E-state index contributed by atoms with van der Waals surface area (Å²) in [6, 6.07) is 12.3. The number of hydrogen-bond acceptors (Lipinski definition) is 6. The highest BCUT2D eigenvalue weighted by Crippen LogP contribution is 2.32. The Balaban J connectivity index is 1.22. The molecule has 7 nitrogen and oxygen atoms in total. The van der Waals surface area contributed by atoms with Crippen LogP contribution < -0.4 is 5.32 Å². The highest BCUT2D eigenvalue weighted by Gasteiger charge is 2.26. The SMILES string of the molecule is CS(C)(C)C#Cc1ccc(C(=O)N2CCc3nc(NC4Cc5ccccc5C4)ncc3C2)nn1. The quantitative estimate of drug-likeness (QED) is 0.590. The molecule has 0 saturated heterocycles. The van der Waals surface area contributed by atoms with Gasteiger partial charge in [0.15, 0.2) is 5.69 Å². The summed E-state index contributed by atoms with van der Waals surface area (Å²) in [5.74, 6) is 3.57. The van der Waals surface area contributed by atoms with Gasteiger partial charge in [0.1, 0.15) is 5.69 Å². The van der Waals surface area contributed by atoms with Gasteiger partial charge in [-0.1, -0.05) is 24.3 Å². The van der Waals surface area contributed by atoms with Crippen LogP contribution in [0.4, 0.5) is 5.95 Å². The van der Waals surface area contributed by atoms with Gasteiger partial charge in [-0.15, -0.1) is 10.2 Å². The van der Waals surface area contributed by atoms with Gasteiger partial charge in [0.05, 0.1) is 5.69 Å². The maximum atomic E-state index is 13.0.